The van der Waals surface area contributed by atoms with Crippen molar-refractivity contribution in [1.29, 1.82) is 0 Å². The van der Waals surface area contributed by atoms with Crippen LogP contribution in [0.1, 0.15) is 42.6 Å². The largest absolute Gasteiger partial charge is 0.354 e. The van der Waals surface area contributed by atoms with Gasteiger partial charge in [0.05, 0.1) is 0 Å². The summed E-state index contributed by atoms with van der Waals surface area (Å²) in [5.74, 6) is 1.58. The van der Waals surface area contributed by atoms with E-state index in [-0.39, 0.29) is 5.91 Å². The van der Waals surface area contributed by atoms with Crippen molar-refractivity contribution in [3.8, 4) is 0 Å². The first-order chi connectivity index (χ1) is 11.3. The van der Waals surface area contributed by atoms with Crippen molar-refractivity contribution < 1.29 is 4.79 Å². The molecule has 1 aromatic rings. The lowest BCUT2D eigenvalue weighted by Crippen LogP contribution is -2.48. The van der Waals surface area contributed by atoms with Crippen LogP contribution in [0.15, 0.2) is 12.1 Å². The molecule has 0 radical (unpaired) electrons. The van der Waals surface area contributed by atoms with Crippen molar-refractivity contribution in [2.75, 3.05) is 44.7 Å². The molecule has 0 unspecified atom stereocenters. The van der Waals surface area contributed by atoms with Crippen LogP contribution >= 0.6 is 0 Å². The lowest BCUT2D eigenvalue weighted by atomic mass is 9.89. The van der Waals surface area contributed by atoms with Crippen LogP contribution in [0, 0.1) is 5.92 Å². The number of hydrogen-bond donors (Lipinski definition) is 1. The second-order valence-electron chi connectivity index (χ2n) is 6.65. The Balaban J connectivity index is 1.49. The molecule has 0 atom stereocenters. The van der Waals surface area contributed by atoms with Crippen molar-refractivity contribution in [2.45, 2.75) is 32.1 Å². The Hall–Kier alpha value is -1.69. The molecule has 1 aromatic heterocycles. The standard InChI is InChI=1S/C17H27N5O/c1-18-17(23)15-7-8-16(20-19-15)22-11-9-21(10-12-22)13-14-5-3-2-4-6-14/h7-8,14H,2-6,9-13H2,1H3,(H,18,23). The third-order valence-corrected chi connectivity index (χ3v) is 5.05. The highest BCUT2D eigenvalue weighted by Gasteiger charge is 2.22. The van der Waals surface area contributed by atoms with Crippen molar-refractivity contribution >= 4 is 11.7 Å². The van der Waals surface area contributed by atoms with E-state index < -0.39 is 0 Å². The van der Waals surface area contributed by atoms with Gasteiger partial charge in [-0.25, -0.2) is 0 Å². The Morgan fingerprint density at radius 3 is 2.48 bits per heavy atom. The molecule has 1 saturated carbocycles. The number of nitrogens with one attached hydrogen (secondary N) is 1. The summed E-state index contributed by atoms with van der Waals surface area (Å²) in [5, 5.41) is 10.8. The number of amides is 1. The Labute approximate surface area is 138 Å². The van der Waals surface area contributed by atoms with Gasteiger partial charge in [0.15, 0.2) is 11.5 Å². The molecule has 2 fully saturated rings. The van der Waals surface area contributed by atoms with Gasteiger partial charge in [-0.3, -0.25) is 9.69 Å². The molecule has 2 heterocycles. The lowest BCUT2D eigenvalue weighted by Gasteiger charge is -2.37. The average molecular weight is 317 g/mol. The highest BCUT2D eigenvalue weighted by molar-refractivity contribution is 5.91. The highest BCUT2D eigenvalue weighted by Crippen LogP contribution is 2.25. The molecule has 1 N–H and O–H groups in total. The quantitative estimate of drug-likeness (QED) is 0.913. The van der Waals surface area contributed by atoms with Gasteiger partial charge < -0.3 is 10.2 Å². The van der Waals surface area contributed by atoms with E-state index in [4.69, 9.17) is 0 Å². The van der Waals surface area contributed by atoms with Crippen LogP contribution < -0.4 is 10.2 Å². The normalized spacial score (nSPS) is 20.5. The molecule has 6 heteroatoms. The number of carbonyl (C=O) groups excluding carboxylic acids is 1. The van der Waals surface area contributed by atoms with Crippen molar-refractivity contribution in [3.63, 3.8) is 0 Å². The summed E-state index contributed by atoms with van der Waals surface area (Å²) in [4.78, 5) is 16.4. The number of aromatic nitrogens is 2. The van der Waals surface area contributed by atoms with Crippen LogP contribution in [0.4, 0.5) is 5.82 Å². The van der Waals surface area contributed by atoms with E-state index in [1.807, 2.05) is 6.07 Å². The highest BCUT2D eigenvalue weighted by atomic mass is 16.1. The second-order valence-corrected chi connectivity index (χ2v) is 6.65. The fraction of sp³-hybridized carbons (Fsp3) is 0.706. The minimum Gasteiger partial charge on any atom is -0.354 e. The van der Waals surface area contributed by atoms with Crippen molar-refractivity contribution in [2.24, 2.45) is 5.92 Å². The van der Waals surface area contributed by atoms with E-state index in [9.17, 15) is 4.79 Å². The van der Waals surface area contributed by atoms with E-state index in [2.05, 4.69) is 25.3 Å². The monoisotopic (exact) mass is 317 g/mol. The molecule has 126 valence electrons. The molecule has 0 spiro atoms. The molecule has 0 aromatic carbocycles. The molecule has 1 saturated heterocycles. The number of carbonyl (C=O) groups is 1. The zero-order valence-corrected chi connectivity index (χ0v) is 14.0. The van der Waals surface area contributed by atoms with Gasteiger partial charge in [0, 0.05) is 39.8 Å². The van der Waals surface area contributed by atoms with Crippen LogP contribution in [0.3, 0.4) is 0 Å². The van der Waals surface area contributed by atoms with Gasteiger partial charge in [-0.2, -0.15) is 0 Å². The predicted octanol–water partition coefficient (Wildman–Crippen LogP) is 1.54. The van der Waals surface area contributed by atoms with E-state index in [0.717, 1.165) is 37.9 Å². The van der Waals surface area contributed by atoms with Crippen LogP contribution in [-0.4, -0.2) is 60.8 Å². The number of piperazine rings is 1. The van der Waals surface area contributed by atoms with Gasteiger partial charge in [0.1, 0.15) is 0 Å². The average Bonchev–Trinajstić information content (AvgIpc) is 2.63. The van der Waals surface area contributed by atoms with E-state index in [0.29, 0.717) is 5.69 Å². The molecular weight excluding hydrogens is 290 g/mol. The zero-order chi connectivity index (χ0) is 16.1. The van der Waals surface area contributed by atoms with Crippen LogP contribution in [0.5, 0.6) is 0 Å². The summed E-state index contributed by atoms with van der Waals surface area (Å²) in [7, 11) is 1.60. The molecule has 6 nitrogen and oxygen atoms in total. The van der Waals surface area contributed by atoms with E-state index in [1.165, 1.54) is 38.6 Å². The number of rotatable bonds is 4. The van der Waals surface area contributed by atoms with E-state index in [1.54, 1.807) is 13.1 Å². The van der Waals surface area contributed by atoms with E-state index >= 15 is 0 Å². The van der Waals surface area contributed by atoms with Gasteiger partial charge in [0.25, 0.3) is 5.91 Å². The molecule has 0 bridgehead atoms. The minimum absolute atomic E-state index is 0.193. The summed E-state index contributed by atoms with van der Waals surface area (Å²) in [6.07, 6.45) is 7.07. The number of hydrogen-bond acceptors (Lipinski definition) is 5. The number of anilines is 1. The van der Waals surface area contributed by atoms with Crippen molar-refractivity contribution in [1.82, 2.24) is 20.4 Å². The van der Waals surface area contributed by atoms with Crippen LogP contribution in [-0.2, 0) is 0 Å². The summed E-state index contributed by atoms with van der Waals surface area (Å²) in [5.41, 5.74) is 0.368. The Morgan fingerprint density at radius 1 is 1.13 bits per heavy atom. The summed E-state index contributed by atoms with van der Waals surface area (Å²) in [6, 6.07) is 3.64. The van der Waals surface area contributed by atoms with Gasteiger partial charge in [-0.05, 0) is 30.9 Å². The van der Waals surface area contributed by atoms with Crippen LogP contribution in [0.25, 0.3) is 0 Å². The smallest absolute Gasteiger partial charge is 0.271 e. The molecule has 2 aliphatic rings. The Morgan fingerprint density at radius 2 is 1.87 bits per heavy atom. The summed E-state index contributed by atoms with van der Waals surface area (Å²) < 4.78 is 0. The van der Waals surface area contributed by atoms with Gasteiger partial charge in [-0.15, -0.1) is 10.2 Å². The first-order valence-corrected chi connectivity index (χ1v) is 8.79. The Bertz CT molecular complexity index is 504. The first kappa shape index (κ1) is 16.2. The minimum atomic E-state index is -0.193. The fourth-order valence-corrected chi connectivity index (χ4v) is 3.64. The summed E-state index contributed by atoms with van der Waals surface area (Å²) >= 11 is 0. The third kappa shape index (κ3) is 4.19. The zero-order valence-electron chi connectivity index (χ0n) is 14.0. The lowest BCUT2D eigenvalue weighted by molar-refractivity contribution is 0.0957. The summed E-state index contributed by atoms with van der Waals surface area (Å²) in [6.45, 7) is 5.42. The topological polar surface area (TPSA) is 61.4 Å². The molecule has 1 aliphatic heterocycles. The second kappa shape index (κ2) is 7.73. The third-order valence-electron chi connectivity index (χ3n) is 5.05. The molecule has 1 amide bonds. The van der Waals surface area contributed by atoms with Crippen molar-refractivity contribution in [3.05, 3.63) is 17.8 Å². The van der Waals surface area contributed by atoms with Gasteiger partial charge in [-0.1, -0.05) is 19.3 Å². The molecule has 23 heavy (non-hydrogen) atoms. The van der Waals surface area contributed by atoms with Gasteiger partial charge >= 0.3 is 0 Å². The first-order valence-electron chi connectivity index (χ1n) is 8.79. The molecule has 3 rings (SSSR count). The van der Waals surface area contributed by atoms with Crippen LogP contribution in [0.2, 0.25) is 0 Å². The molecule has 1 aliphatic carbocycles. The maximum atomic E-state index is 11.5. The van der Waals surface area contributed by atoms with Gasteiger partial charge in [0.2, 0.25) is 0 Å². The fourth-order valence-electron chi connectivity index (χ4n) is 3.64. The Kier molecular flexibility index (Phi) is 5.43. The SMILES string of the molecule is CNC(=O)c1ccc(N2CCN(CC3CCCCC3)CC2)nn1. The number of nitrogens with zero attached hydrogens (tertiary/aromatic N) is 4. The predicted molar refractivity (Wildman–Crippen MR) is 90.7 cm³/mol. The molecular formula is C17H27N5O. The maximum Gasteiger partial charge on any atom is 0.271 e. The maximum absolute atomic E-state index is 11.5.